The standard InChI is InChI=1S/C24H32ClN3OS/c1-18-15-19(2)23(20(3)16-18)26-24(30)28(17-21-5-7-22(25)8-6-21)10-4-9-27-11-13-29-14-12-27/h5-8,15-16H,4,9-14,17H2,1-3H3,(H,26,30). The second-order valence-corrected chi connectivity index (χ2v) is 8.88. The molecule has 0 atom stereocenters. The summed E-state index contributed by atoms with van der Waals surface area (Å²) < 4.78 is 5.46. The molecule has 0 bridgehead atoms. The Labute approximate surface area is 191 Å². The molecule has 2 aromatic rings. The predicted molar refractivity (Wildman–Crippen MR) is 131 cm³/mol. The molecular formula is C24H32ClN3OS. The van der Waals surface area contributed by atoms with E-state index in [9.17, 15) is 0 Å². The quantitative estimate of drug-likeness (QED) is 0.592. The molecule has 0 unspecified atom stereocenters. The third-order valence-corrected chi connectivity index (χ3v) is 6.10. The Morgan fingerprint density at radius 2 is 1.73 bits per heavy atom. The van der Waals surface area contributed by atoms with Gasteiger partial charge in [-0.2, -0.15) is 0 Å². The smallest absolute Gasteiger partial charge is 0.173 e. The maximum absolute atomic E-state index is 6.07. The van der Waals surface area contributed by atoms with Crippen molar-refractivity contribution in [3.05, 3.63) is 63.7 Å². The van der Waals surface area contributed by atoms with E-state index in [0.717, 1.165) is 68.2 Å². The molecule has 1 heterocycles. The summed E-state index contributed by atoms with van der Waals surface area (Å²) in [5.74, 6) is 0. The van der Waals surface area contributed by atoms with Crippen LogP contribution in [0.5, 0.6) is 0 Å². The minimum atomic E-state index is 0.754. The van der Waals surface area contributed by atoms with E-state index in [-0.39, 0.29) is 0 Å². The molecule has 1 fully saturated rings. The van der Waals surface area contributed by atoms with Crippen LogP contribution in [0.2, 0.25) is 5.02 Å². The molecule has 4 nitrogen and oxygen atoms in total. The van der Waals surface area contributed by atoms with Crippen molar-refractivity contribution < 1.29 is 4.74 Å². The van der Waals surface area contributed by atoms with E-state index >= 15 is 0 Å². The van der Waals surface area contributed by atoms with E-state index in [4.69, 9.17) is 28.6 Å². The third-order valence-electron chi connectivity index (χ3n) is 5.49. The van der Waals surface area contributed by atoms with Crippen molar-refractivity contribution in [2.24, 2.45) is 0 Å². The number of anilines is 1. The van der Waals surface area contributed by atoms with Gasteiger partial charge in [0.15, 0.2) is 5.11 Å². The number of nitrogens with one attached hydrogen (secondary N) is 1. The van der Waals surface area contributed by atoms with Gasteiger partial charge >= 0.3 is 0 Å². The van der Waals surface area contributed by atoms with Gasteiger partial charge < -0.3 is 15.0 Å². The highest BCUT2D eigenvalue weighted by Crippen LogP contribution is 2.23. The fourth-order valence-electron chi connectivity index (χ4n) is 3.94. The van der Waals surface area contributed by atoms with Crippen LogP contribution >= 0.6 is 23.8 Å². The summed E-state index contributed by atoms with van der Waals surface area (Å²) in [7, 11) is 0. The van der Waals surface area contributed by atoms with Crippen LogP contribution in [0.1, 0.15) is 28.7 Å². The number of hydrogen-bond donors (Lipinski definition) is 1. The van der Waals surface area contributed by atoms with Crippen LogP contribution in [-0.2, 0) is 11.3 Å². The molecule has 1 aliphatic rings. The molecule has 1 aliphatic heterocycles. The summed E-state index contributed by atoms with van der Waals surface area (Å²) >= 11 is 11.9. The Morgan fingerprint density at radius 1 is 1.10 bits per heavy atom. The topological polar surface area (TPSA) is 27.7 Å². The number of aryl methyl sites for hydroxylation is 3. The van der Waals surface area contributed by atoms with Gasteiger partial charge in [-0.25, -0.2) is 0 Å². The Hall–Kier alpha value is -1.66. The zero-order valence-corrected chi connectivity index (χ0v) is 19.8. The van der Waals surface area contributed by atoms with E-state index in [1.807, 2.05) is 12.1 Å². The summed E-state index contributed by atoms with van der Waals surface area (Å²) in [6.07, 6.45) is 1.06. The monoisotopic (exact) mass is 445 g/mol. The van der Waals surface area contributed by atoms with Crippen LogP contribution in [0.3, 0.4) is 0 Å². The molecule has 3 rings (SSSR count). The number of thiocarbonyl (C=S) groups is 1. The molecule has 162 valence electrons. The van der Waals surface area contributed by atoms with E-state index in [1.165, 1.54) is 22.3 Å². The van der Waals surface area contributed by atoms with Gasteiger partial charge in [-0.15, -0.1) is 0 Å². The molecule has 1 N–H and O–H groups in total. The van der Waals surface area contributed by atoms with Crippen molar-refractivity contribution in [2.45, 2.75) is 33.7 Å². The fourth-order valence-corrected chi connectivity index (χ4v) is 4.32. The molecule has 0 radical (unpaired) electrons. The first kappa shape index (κ1) is 23.0. The molecule has 30 heavy (non-hydrogen) atoms. The lowest BCUT2D eigenvalue weighted by Gasteiger charge is -2.30. The first-order valence-electron chi connectivity index (χ1n) is 10.6. The van der Waals surface area contributed by atoms with E-state index in [2.05, 4.69) is 60.2 Å². The summed E-state index contributed by atoms with van der Waals surface area (Å²) in [5.41, 5.74) is 6.02. The van der Waals surface area contributed by atoms with Crippen LogP contribution < -0.4 is 5.32 Å². The van der Waals surface area contributed by atoms with Crippen molar-refractivity contribution in [3.63, 3.8) is 0 Å². The van der Waals surface area contributed by atoms with Gasteiger partial charge in [0.25, 0.3) is 0 Å². The predicted octanol–water partition coefficient (Wildman–Crippen LogP) is 5.19. The minimum Gasteiger partial charge on any atom is -0.379 e. The van der Waals surface area contributed by atoms with E-state index in [0.29, 0.717) is 0 Å². The molecule has 1 saturated heterocycles. The van der Waals surface area contributed by atoms with Crippen molar-refractivity contribution in [1.29, 1.82) is 0 Å². The van der Waals surface area contributed by atoms with Gasteiger partial charge in [-0.3, -0.25) is 4.90 Å². The van der Waals surface area contributed by atoms with Crippen LogP contribution in [0.4, 0.5) is 5.69 Å². The van der Waals surface area contributed by atoms with Crippen molar-refractivity contribution >= 4 is 34.6 Å². The second-order valence-electron chi connectivity index (χ2n) is 8.06. The lowest BCUT2D eigenvalue weighted by Crippen LogP contribution is -2.40. The van der Waals surface area contributed by atoms with Gasteiger partial charge in [0, 0.05) is 43.4 Å². The SMILES string of the molecule is Cc1cc(C)c(NC(=S)N(CCCN2CCOCC2)Cc2ccc(Cl)cc2)c(C)c1. The molecule has 0 spiro atoms. The van der Waals surface area contributed by atoms with Crippen LogP contribution in [-0.4, -0.2) is 54.3 Å². The maximum Gasteiger partial charge on any atom is 0.173 e. The molecule has 6 heteroatoms. The molecular weight excluding hydrogens is 414 g/mol. The number of halogens is 1. The van der Waals surface area contributed by atoms with E-state index < -0.39 is 0 Å². The third kappa shape index (κ3) is 6.67. The zero-order valence-electron chi connectivity index (χ0n) is 18.2. The van der Waals surface area contributed by atoms with Crippen molar-refractivity contribution in [3.8, 4) is 0 Å². The molecule has 0 aliphatic carbocycles. The van der Waals surface area contributed by atoms with Crippen molar-refractivity contribution in [2.75, 3.05) is 44.7 Å². The first-order chi connectivity index (χ1) is 14.4. The summed E-state index contributed by atoms with van der Waals surface area (Å²) in [5, 5.41) is 5.04. The lowest BCUT2D eigenvalue weighted by atomic mass is 10.1. The highest BCUT2D eigenvalue weighted by Gasteiger charge is 2.15. The van der Waals surface area contributed by atoms with Gasteiger partial charge in [0.2, 0.25) is 0 Å². The average Bonchev–Trinajstić information content (AvgIpc) is 2.72. The average molecular weight is 446 g/mol. The van der Waals surface area contributed by atoms with Crippen LogP contribution in [0.15, 0.2) is 36.4 Å². The Kier molecular flexibility index (Phi) is 8.51. The number of morpholine rings is 1. The molecule has 0 aromatic heterocycles. The van der Waals surface area contributed by atoms with Gasteiger partial charge in [0.05, 0.1) is 13.2 Å². The molecule has 0 saturated carbocycles. The summed E-state index contributed by atoms with van der Waals surface area (Å²) in [6.45, 7) is 12.8. The van der Waals surface area contributed by atoms with Gasteiger partial charge in [-0.05, 0) is 68.2 Å². The maximum atomic E-state index is 6.07. The number of rotatable bonds is 7. The van der Waals surface area contributed by atoms with Gasteiger partial charge in [0.1, 0.15) is 0 Å². The molecule has 0 amide bonds. The lowest BCUT2D eigenvalue weighted by molar-refractivity contribution is 0.0368. The minimum absolute atomic E-state index is 0.754. The van der Waals surface area contributed by atoms with Crippen LogP contribution in [0, 0.1) is 20.8 Å². The van der Waals surface area contributed by atoms with E-state index in [1.54, 1.807) is 0 Å². The number of benzene rings is 2. The Balaban J connectivity index is 1.68. The highest BCUT2D eigenvalue weighted by atomic mass is 35.5. The number of nitrogens with zero attached hydrogens (tertiary/aromatic N) is 2. The summed E-state index contributed by atoms with van der Waals surface area (Å²) in [6, 6.07) is 12.4. The second kappa shape index (κ2) is 11.1. The highest BCUT2D eigenvalue weighted by molar-refractivity contribution is 7.80. The van der Waals surface area contributed by atoms with Gasteiger partial charge in [-0.1, -0.05) is 41.4 Å². The first-order valence-corrected chi connectivity index (χ1v) is 11.4. The molecule has 2 aromatic carbocycles. The number of ether oxygens (including phenoxy) is 1. The van der Waals surface area contributed by atoms with Crippen molar-refractivity contribution in [1.82, 2.24) is 9.80 Å². The Morgan fingerprint density at radius 3 is 2.37 bits per heavy atom. The summed E-state index contributed by atoms with van der Waals surface area (Å²) in [4.78, 5) is 4.73. The van der Waals surface area contributed by atoms with Crippen LogP contribution in [0.25, 0.3) is 0 Å². The Bertz CT molecular complexity index is 827. The largest absolute Gasteiger partial charge is 0.379 e. The zero-order chi connectivity index (χ0) is 21.5. The fraction of sp³-hybridized carbons (Fsp3) is 0.458. The number of hydrogen-bond acceptors (Lipinski definition) is 3. The normalized spacial score (nSPS) is 14.5.